The Kier molecular flexibility index (Phi) is 3.06. The van der Waals surface area contributed by atoms with Crippen molar-refractivity contribution < 1.29 is 4.74 Å². The molecule has 19 heavy (non-hydrogen) atoms. The smallest absolute Gasteiger partial charge is 0.272 e. The van der Waals surface area contributed by atoms with E-state index in [0.717, 1.165) is 20.6 Å². The van der Waals surface area contributed by atoms with E-state index in [1.807, 2.05) is 47.1 Å². The monoisotopic (exact) mass is 366 g/mol. The SMILES string of the molecule is COc1ccc(-c2cn3cc(I)cc3c(=O)[nH]2)cc1. The second-order valence-electron chi connectivity index (χ2n) is 4.18. The molecule has 0 spiro atoms. The number of aromatic nitrogens is 2. The predicted molar refractivity (Wildman–Crippen MR) is 82.7 cm³/mol. The Balaban J connectivity index is 2.16. The predicted octanol–water partition coefficient (Wildman–Crippen LogP) is 2.91. The third-order valence-corrected chi connectivity index (χ3v) is 3.56. The first-order chi connectivity index (χ1) is 9.17. The molecule has 3 rings (SSSR count). The molecule has 0 bridgehead atoms. The number of hydrogen-bond acceptors (Lipinski definition) is 2. The highest BCUT2D eigenvalue weighted by molar-refractivity contribution is 14.1. The molecule has 0 saturated carbocycles. The van der Waals surface area contributed by atoms with Crippen LogP contribution in [0.5, 0.6) is 5.75 Å². The Labute approximate surface area is 123 Å². The van der Waals surface area contributed by atoms with Gasteiger partial charge in [0.15, 0.2) is 0 Å². The van der Waals surface area contributed by atoms with Crippen LogP contribution < -0.4 is 10.3 Å². The summed E-state index contributed by atoms with van der Waals surface area (Å²) >= 11 is 2.20. The van der Waals surface area contributed by atoms with Gasteiger partial charge in [0.2, 0.25) is 0 Å². The number of rotatable bonds is 2. The summed E-state index contributed by atoms with van der Waals surface area (Å²) in [7, 11) is 1.63. The molecule has 0 aliphatic rings. The number of aromatic amines is 1. The molecule has 2 heterocycles. The number of hydrogen-bond donors (Lipinski definition) is 1. The van der Waals surface area contributed by atoms with Gasteiger partial charge in [0, 0.05) is 16.0 Å². The van der Waals surface area contributed by atoms with Crippen molar-refractivity contribution in [1.29, 1.82) is 0 Å². The summed E-state index contributed by atoms with van der Waals surface area (Å²) in [6.45, 7) is 0. The molecule has 3 aromatic rings. The number of benzene rings is 1. The first-order valence-electron chi connectivity index (χ1n) is 5.72. The van der Waals surface area contributed by atoms with Crippen molar-refractivity contribution in [2.24, 2.45) is 0 Å². The highest BCUT2D eigenvalue weighted by Crippen LogP contribution is 2.20. The van der Waals surface area contributed by atoms with E-state index in [9.17, 15) is 4.79 Å². The van der Waals surface area contributed by atoms with Crippen LogP contribution in [0.2, 0.25) is 0 Å². The Morgan fingerprint density at radius 3 is 2.63 bits per heavy atom. The Hall–Kier alpha value is -1.76. The van der Waals surface area contributed by atoms with Gasteiger partial charge in [-0.15, -0.1) is 0 Å². The van der Waals surface area contributed by atoms with Crippen molar-refractivity contribution in [3.8, 4) is 17.0 Å². The summed E-state index contributed by atoms with van der Waals surface area (Å²) in [5, 5.41) is 0. The zero-order valence-corrected chi connectivity index (χ0v) is 12.3. The lowest BCUT2D eigenvalue weighted by atomic mass is 10.1. The summed E-state index contributed by atoms with van der Waals surface area (Å²) in [5.41, 5.74) is 2.30. The van der Waals surface area contributed by atoms with Crippen LogP contribution in [-0.2, 0) is 0 Å². The number of ether oxygens (including phenoxy) is 1. The maximum atomic E-state index is 12.0. The second kappa shape index (κ2) is 4.73. The third kappa shape index (κ3) is 2.25. The van der Waals surface area contributed by atoms with Crippen LogP contribution in [0.15, 0.2) is 47.5 Å². The van der Waals surface area contributed by atoms with Gasteiger partial charge in [-0.25, -0.2) is 0 Å². The lowest BCUT2D eigenvalue weighted by Crippen LogP contribution is -2.09. The molecule has 1 N–H and O–H groups in total. The average molecular weight is 366 g/mol. The quantitative estimate of drug-likeness (QED) is 0.709. The molecule has 96 valence electrons. The molecule has 5 heteroatoms. The van der Waals surface area contributed by atoms with E-state index in [2.05, 4.69) is 27.6 Å². The lowest BCUT2D eigenvalue weighted by Gasteiger charge is -2.04. The van der Waals surface area contributed by atoms with E-state index < -0.39 is 0 Å². The van der Waals surface area contributed by atoms with Crippen LogP contribution >= 0.6 is 22.6 Å². The fourth-order valence-corrected chi connectivity index (χ4v) is 2.60. The number of halogens is 1. The van der Waals surface area contributed by atoms with E-state index in [1.54, 1.807) is 7.11 Å². The first-order valence-corrected chi connectivity index (χ1v) is 6.80. The van der Waals surface area contributed by atoms with Crippen molar-refractivity contribution in [3.05, 3.63) is 56.6 Å². The highest BCUT2D eigenvalue weighted by atomic mass is 127. The summed E-state index contributed by atoms with van der Waals surface area (Å²) in [4.78, 5) is 14.9. The van der Waals surface area contributed by atoms with Crippen LogP contribution in [0, 0.1) is 3.57 Å². The molecule has 4 nitrogen and oxygen atoms in total. The maximum absolute atomic E-state index is 12.0. The normalized spacial score (nSPS) is 10.8. The van der Waals surface area contributed by atoms with Gasteiger partial charge in [-0.2, -0.15) is 0 Å². The molecule has 0 amide bonds. The van der Waals surface area contributed by atoms with Crippen LogP contribution in [0.25, 0.3) is 16.8 Å². The Morgan fingerprint density at radius 2 is 1.95 bits per heavy atom. The molecule has 0 saturated heterocycles. The fourth-order valence-electron chi connectivity index (χ4n) is 2.01. The summed E-state index contributed by atoms with van der Waals surface area (Å²) in [5.74, 6) is 0.794. The zero-order valence-electron chi connectivity index (χ0n) is 10.2. The number of fused-ring (bicyclic) bond motifs is 1. The largest absolute Gasteiger partial charge is 0.497 e. The van der Waals surface area contributed by atoms with E-state index in [1.165, 1.54) is 0 Å². The molecule has 2 aromatic heterocycles. The molecular formula is C14H11IN2O2. The molecule has 0 aliphatic heterocycles. The first kappa shape index (κ1) is 12.3. The summed E-state index contributed by atoms with van der Waals surface area (Å²) in [6.07, 6.45) is 3.85. The number of methoxy groups -OCH3 is 1. The van der Waals surface area contributed by atoms with E-state index in [0.29, 0.717) is 5.52 Å². The molecule has 0 radical (unpaired) electrons. The zero-order chi connectivity index (χ0) is 13.4. The van der Waals surface area contributed by atoms with Gasteiger partial charge in [-0.3, -0.25) is 4.79 Å². The van der Waals surface area contributed by atoms with Crippen LogP contribution in [-0.4, -0.2) is 16.5 Å². The van der Waals surface area contributed by atoms with Crippen molar-refractivity contribution >= 4 is 28.1 Å². The molecule has 0 fully saturated rings. The van der Waals surface area contributed by atoms with E-state index in [4.69, 9.17) is 4.74 Å². The van der Waals surface area contributed by atoms with E-state index >= 15 is 0 Å². The summed E-state index contributed by atoms with van der Waals surface area (Å²) < 4.78 is 8.01. The van der Waals surface area contributed by atoms with Gasteiger partial charge in [-0.05, 0) is 58.5 Å². The minimum Gasteiger partial charge on any atom is -0.497 e. The van der Waals surface area contributed by atoms with Gasteiger partial charge < -0.3 is 14.1 Å². The minimum absolute atomic E-state index is 0.0868. The molecule has 0 atom stereocenters. The van der Waals surface area contributed by atoms with Gasteiger partial charge in [0.1, 0.15) is 11.3 Å². The topological polar surface area (TPSA) is 46.5 Å². The van der Waals surface area contributed by atoms with Crippen LogP contribution in [0.4, 0.5) is 0 Å². The Bertz CT molecular complexity index is 787. The minimum atomic E-state index is -0.0868. The van der Waals surface area contributed by atoms with E-state index in [-0.39, 0.29) is 5.56 Å². The van der Waals surface area contributed by atoms with Gasteiger partial charge >= 0.3 is 0 Å². The average Bonchev–Trinajstić information content (AvgIpc) is 2.80. The van der Waals surface area contributed by atoms with Crippen molar-refractivity contribution in [2.75, 3.05) is 7.11 Å². The third-order valence-electron chi connectivity index (χ3n) is 2.97. The molecule has 1 aromatic carbocycles. The molecular weight excluding hydrogens is 355 g/mol. The maximum Gasteiger partial charge on any atom is 0.272 e. The molecule has 0 aliphatic carbocycles. The molecule has 0 unspecified atom stereocenters. The van der Waals surface area contributed by atoms with Crippen molar-refractivity contribution in [2.45, 2.75) is 0 Å². The fraction of sp³-hybridized carbons (Fsp3) is 0.0714. The number of nitrogens with one attached hydrogen (secondary N) is 1. The highest BCUT2D eigenvalue weighted by Gasteiger charge is 2.05. The van der Waals surface area contributed by atoms with Crippen LogP contribution in [0.3, 0.4) is 0 Å². The van der Waals surface area contributed by atoms with Gasteiger partial charge in [0.05, 0.1) is 12.8 Å². The van der Waals surface area contributed by atoms with Gasteiger partial charge in [-0.1, -0.05) is 0 Å². The van der Waals surface area contributed by atoms with Crippen molar-refractivity contribution in [1.82, 2.24) is 9.38 Å². The lowest BCUT2D eigenvalue weighted by molar-refractivity contribution is 0.415. The van der Waals surface area contributed by atoms with Crippen molar-refractivity contribution in [3.63, 3.8) is 0 Å². The number of H-pyrrole nitrogens is 1. The standard InChI is InChI=1S/C14H11IN2O2/c1-19-11-4-2-9(3-5-11)12-8-17-7-10(15)6-13(17)14(18)16-12/h2-8H,1H3,(H,16,18). The number of nitrogens with zero attached hydrogens (tertiary/aromatic N) is 1. The Morgan fingerprint density at radius 1 is 1.21 bits per heavy atom. The summed E-state index contributed by atoms with van der Waals surface area (Å²) in [6, 6.07) is 9.44. The van der Waals surface area contributed by atoms with Crippen LogP contribution in [0.1, 0.15) is 0 Å². The van der Waals surface area contributed by atoms with Gasteiger partial charge in [0.25, 0.3) is 5.56 Å². The second-order valence-corrected chi connectivity index (χ2v) is 5.42.